The number of unbranched alkanes of at least 4 members (excludes halogenated alkanes) is 1. The Morgan fingerprint density at radius 3 is 2.45 bits per heavy atom. The van der Waals surface area contributed by atoms with Gasteiger partial charge in [0.2, 0.25) is 0 Å². The maximum atomic E-state index is 5.83. The third kappa shape index (κ3) is 5.31. The van der Waals surface area contributed by atoms with Crippen LogP contribution in [0.4, 0.5) is 0 Å². The smallest absolute Gasteiger partial charge is 0.119 e. The van der Waals surface area contributed by atoms with Gasteiger partial charge in [-0.3, -0.25) is 4.90 Å². The summed E-state index contributed by atoms with van der Waals surface area (Å²) in [5, 5.41) is 0.743. The summed E-state index contributed by atoms with van der Waals surface area (Å²) < 4.78 is 11.4. The van der Waals surface area contributed by atoms with E-state index in [1.807, 2.05) is 24.3 Å². The molecule has 1 aliphatic heterocycles. The zero-order valence-electron chi connectivity index (χ0n) is 12.3. The number of ether oxygens (including phenoxy) is 2. The van der Waals surface area contributed by atoms with Crippen LogP contribution in [-0.2, 0) is 4.74 Å². The van der Waals surface area contributed by atoms with Crippen LogP contribution in [0.25, 0.3) is 0 Å². The lowest BCUT2D eigenvalue weighted by atomic mass is 10.2. The van der Waals surface area contributed by atoms with Crippen LogP contribution in [0.1, 0.15) is 26.7 Å². The van der Waals surface area contributed by atoms with Gasteiger partial charge in [-0.2, -0.15) is 0 Å². The van der Waals surface area contributed by atoms with E-state index in [2.05, 4.69) is 18.7 Å². The van der Waals surface area contributed by atoms with E-state index < -0.39 is 0 Å². The Hall–Kier alpha value is -0.770. The van der Waals surface area contributed by atoms with Gasteiger partial charge < -0.3 is 9.47 Å². The highest BCUT2D eigenvalue weighted by molar-refractivity contribution is 6.30. The van der Waals surface area contributed by atoms with Crippen LogP contribution in [0.5, 0.6) is 5.75 Å². The van der Waals surface area contributed by atoms with E-state index in [9.17, 15) is 0 Å². The molecule has 0 N–H and O–H groups in total. The van der Waals surface area contributed by atoms with Crippen LogP contribution in [-0.4, -0.2) is 43.3 Å². The van der Waals surface area contributed by atoms with Crippen LogP contribution < -0.4 is 4.74 Å². The highest BCUT2D eigenvalue weighted by Gasteiger charge is 2.21. The van der Waals surface area contributed by atoms with Crippen molar-refractivity contribution in [3.8, 4) is 5.75 Å². The van der Waals surface area contributed by atoms with Crippen molar-refractivity contribution in [3.05, 3.63) is 29.3 Å². The normalized spacial score (nSPS) is 23.8. The van der Waals surface area contributed by atoms with Crippen molar-refractivity contribution in [3.63, 3.8) is 0 Å². The quantitative estimate of drug-likeness (QED) is 0.749. The molecule has 0 radical (unpaired) electrons. The SMILES string of the molecule is C[C@H]1CN(CCCCOc2ccc(Cl)cc2)C[C@H](C)O1. The van der Waals surface area contributed by atoms with Gasteiger partial charge in [0, 0.05) is 18.1 Å². The molecule has 1 fully saturated rings. The second-order valence-corrected chi connectivity index (χ2v) is 5.96. The van der Waals surface area contributed by atoms with E-state index in [4.69, 9.17) is 21.1 Å². The van der Waals surface area contributed by atoms with Crippen LogP contribution in [0.15, 0.2) is 24.3 Å². The van der Waals surface area contributed by atoms with Crippen LogP contribution in [0.3, 0.4) is 0 Å². The van der Waals surface area contributed by atoms with Gasteiger partial charge >= 0.3 is 0 Å². The molecule has 0 aliphatic carbocycles. The molecular weight excluding hydrogens is 274 g/mol. The molecule has 0 bridgehead atoms. The van der Waals surface area contributed by atoms with Gasteiger partial charge in [0.15, 0.2) is 0 Å². The Morgan fingerprint density at radius 2 is 1.80 bits per heavy atom. The van der Waals surface area contributed by atoms with Crippen LogP contribution >= 0.6 is 11.6 Å². The number of rotatable bonds is 6. The fourth-order valence-electron chi connectivity index (χ4n) is 2.63. The minimum absolute atomic E-state index is 0.351. The first-order valence-electron chi connectivity index (χ1n) is 7.39. The summed E-state index contributed by atoms with van der Waals surface area (Å²) in [7, 11) is 0. The molecule has 1 saturated heterocycles. The van der Waals surface area contributed by atoms with Crippen molar-refractivity contribution >= 4 is 11.6 Å². The van der Waals surface area contributed by atoms with Crippen molar-refractivity contribution in [2.24, 2.45) is 0 Å². The topological polar surface area (TPSA) is 21.7 Å². The highest BCUT2D eigenvalue weighted by atomic mass is 35.5. The molecule has 1 aliphatic rings. The standard InChI is InChI=1S/C16H24ClNO2/c1-13-11-18(12-14(2)20-13)9-3-4-10-19-16-7-5-15(17)6-8-16/h5-8,13-14H,3-4,9-12H2,1-2H3/t13-,14-/m0/s1. The van der Waals surface area contributed by atoms with Crippen LogP contribution in [0.2, 0.25) is 5.02 Å². The summed E-state index contributed by atoms with van der Waals surface area (Å²) in [5.41, 5.74) is 0. The van der Waals surface area contributed by atoms with Crippen molar-refractivity contribution in [2.45, 2.75) is 38.9 Å². The van der Waals surface area contributed by atoms with E-state index >= 15 is 0 Å². The molecule has 1 aromatic carbocycles. The first-order valence-corrected chi connectivity index (χ1v) is 7.77. The van der Waals surface area contributed by atoms with E-state index in [1.165, 1.54) is 0 Å². The lowest BCUT2D eigenvalue weighted by molar-refractivity contribution is -0.0682. The molecule has 3 nitrogen and oxygen atoms in total. The van der Waals surface area contributed by atoms with E-state index in [1.54, 1.807) is 0 Å². The molecule has 20 heavy (non-hydrogen) atoms. The van der Waals surface area contributed by atoms with Crippen molar-refractivity contribution in [1.82, 2.24) is 4.90 Å². The van der Waals surface area contributed by atoms with Crippen molar-refractivity contribution in [2.75, 3.05) is 26.2 Å². The molecule has 0 unspecified atom stereocenters. The average molecular weight is 298 g/mol. The number of nitrogens with zero attached hydrogens (tertiary/aromatic N) is 1. The first kappa shape index (κ1) is 15.6. The third-order valence-electron chi connectivity index (χ3n) is 3.45. The molecule has 1 aromatic rings. The molecule has 4 heteroatoms. The van der Waals surface area contributed by atoms with Gasteiger partial charge in [-0.05, 0) is 57.5 Å². The first-order chi connectivity index (χ1) is 9.63. The molecule has 0 amide bonds. The Balaban J connectivity index is 1.58. The van der Waals surface area contributed by atoms with Crippen LogP contribution in [0, 0.1) is 0 Å². The zero-order valence-corrected chi connectivity index (χ0v) is 13.1. The van der Waals surface area contributed by atoms with Gasteiger partial charge in [0.25, 0.3) is 0 Å². The summed E-state index contributed by atoms with van der Waals surface area (Å²) in [4.78, 5) is 2.49. The van der Waals surface area contributed by atoms with E-state index in [-0.39, 0.29) is 0 Å². The summed E-state index contributed by atoms with van der Waals surface area (Å²) in [6.07, 6.45) is 2.93. The molecule has 2 rings (SSSR count). The monoisotopic (exact) mass is 297 g/mol. The number of morpholine rings is 1. The van der Waals surface area contributed by atoms with Gasteiger partial charge in [0.05, 0.1) is 18.8 Å². The Labute approximate surface area is 126 Å². The minimum Gasteiger partial charge on any atom is -0.494 e. The number of hydrogen-bond acceptors (Lipinski definition) is 3. The summed E-state index contributed by atoms with van der Waals surface area (Å²) in [5.74, 6) is 0.892. The highest BCUT2D eigenvalue weighted by Crippen LogP contribution is 2.16. The molecule has 2 atom stereocenters. The number of halogens is 1. The maximum absolute atomic E-state index is 5.83. The molecule has 0 spiro atoms. The zero-order chi connectivity index (χ0) is 14.4. The average Bonchev–Trinajstić information content (AvgIpc) is 2.39. The maximum Gasteiger partial charge on any atom is 0.119 e. The Morgan fingerprint density at radius 1 is 1.15 bits per heavy atom. The third-order valence-corrected chi connectivity index (χ3v) is 3.70. The van der Waals surface area contributed by atoms with E-state index in [0.717, 1.165) is 49.9 Å². The predicted molar refractivity (Wildman–Crippen MR) is 82.6 cm³/mol. The predicted octanol–water partition coefficient (Wildman–Crippen LogP) is 3.61. The minimum atomic E-state index is 0.351. The summed E-state index contributed by atoms with van der Waals surface area (Å²) in [6, 6.07) is 7.53. The lowest BCUT2D eigenvalue weighted by Crippen LogP contribution is -2.45. The Bertz CT molecular complexity index is 386. The summed E-state index contributed by atoms with van der Waals surface area (Å²) in [6.45, 7) is 8.27. The second kappa shape index (κ2) is 7.87. The molecule has 0 aromatic heterocycles. The summed E-state index contributed by atoms with van der Waals surface area (Å²) >= 11 is 5.83. The number of hydrogen-bond donors (Lipinski definition) is 0. The fraction of sp³-hybridized carbons (Fsp3) is 0.625. The van der Waals surface area contributed by atoms with Crippen molar-refractivity contribution < 1.29 is 9.47 Å². The molecule has 0 saturated carbocycles. The molecule has 1 heterocycles. The fourth-order valence-corrected chi connectivity index (χ4v) is 2.75. The largest absolute Gasteiger partial charge is 0.494 e. The van der Waals surface area contributed by atoms with Gasteiger partial charge in [-0.25, -0.2) is 0 Å². The van der Waals surface area contributed by atoms with Gasteiger partial charge in [-0.15, -0.1) is 0 Å². The number of benzene rings is 1. The van der Waals surface area contributed by atoms with Gasteiger partial charge in [-0.1, -0.05) is 11.6 Å². The van der Waals surface area contributed by atoms with Gasteiger partial charge in [0.1, 0.15) is 5.75 Å². The van der Waals surface area contributed by atoms with Crippen molar-refractivity contribution in [1.29, 1.82) is 0 Å². The second-order valence-electron chi connectivity index (χ2n) is 5.53. The lowest BCUT2D eigenvalue weighted by Gasteiger charge is -2.35. The Kier molecular flexibility index (Phi) is 6.14. The molecule has 112 valence electrons. The molecular formula is C16H24ClNO2. The van der Waals surface area contributed by atoms with E-state index in [0.29, 0.717) is 12.2 Å².